The Morgan fingerprint density at radius 3 is 3.12 bits per heavy atom. The van der Waals surface area contributed by atoms with Crippen LogP contribution in [0.5, 0.6) is 0 Å². The van der Waals surface area contributed by atoms with Gasteiger partial charge < -0.3 is 15.5 Å². The van der Waals surface area contributed by atoms with Gasteiger partial charge in [0.2, 0.25) is 0 Å². The van der Waals surface area contributed by atoms with E-state index >= 15 is 0 Å². The minimum atomic E-state index is 0.595. The minimum absolute atomic E-state index is 0.595. The molecule has 4 nitrogen and oxygen atoms in total. The lowest BCUT2D eigenvalue weighted by Crippen LogP contribution is -2.12. The number of hydrogen-bond donors (Lipinski definition) is 2. The fourth-order valence-corrected chi connectivity index (χ4v) is 2.10. The van der Waals surface area contributed by atoms with Gasteiger partial charge in [-0.25, -0.2) is 0 Å². The number of rotatable bonds is 4. The third kappa shape index (κ3) is 2.20. The van der Waals surface area contributed by atoms with Crippen molar-refractivity contribution in [3.8, 4) is 0 Å². The normalized spacial score (nSPS) is 17.2. The number of aromatic nitrogens is 1. The topological polar surface area (TPSA) is 64.1 Å². The molecule has 1 saturated carbocycles. The van der Waals surface area contributed by atoms with Gasteiger partial charge in [0.15, 0.2) is 5.58 Å². The van der Waals surface area contributed by atoms with Crippen LogP contribution in [0.2, 0.25) is 0 Å². The molecule has 3 N–H and O–H groups in total. The quantitative estimate of drug-likeness (QED) is 0.794. The van der Waals surface area contributed by atoms with Crippen molar-refractivity contribution in [2.24, 2.45) is 11.8 Å². The number of nitrogens with two attached hydrogens (primary N) is 1. The lowest BCUT2D eigenvalue weighted by molar-refractivity contribution is 0.522. The first-order chi connectivity index (χ1) is 8.22. The van der Waals surface area contributed by atoms with Gasteiger partial charge in [-0.15, -0.1) is 0 Å². The van der Waals surface area contributed by atoms with Crippen LogP contribution in [-0.4, -0.2) is 11.5 Å². The van der Waals surface area contributed by atoms with E-state index in [1.807, 2.05) is 18.2 Å². The van der Waals surface area contributed by atoms with Crippen molar-refractivity contribution in [2.45, 2.75) is 19.8 Å². The zero-order valence-corrected chi connectivity index (χ0v) is 9.94. The molecule has 0 radical (unpaired) electrons. The molecular formula is C13H17N3O. The van der Waals surface area contributed by atoms with Crippen molar-refractivity contribution in [3.05, 3.63) is 18.2 Å². The van der Waals surface area contributed by atoms with Crippen molar-refractivity contribution in [1.29, 1.82) is 0 Å². The van der Waals surface area contributed by atoms with Crippen LogP contribution in [0.25, 0.3) is 11.1 Å². The van der Waals surface area contributed by atoms with E-state index in [4.69, 9.17) is 10.2 Å². The van der Waals surface area contributed by atoms with Crippen LogP contribution in [0.4, 0.5) is 11.7 Å². The van der Waals surface area contributed by atoms with E-state index < -0.39 is 0 Å². The highest BCUT2D eigenvalue weighted by Gasteiger charge is 2.27. The molecular weight excluding hydrogens is 214 g/mol. The van der Waals surface area contributed by atoms with Gasteiger partial charge in [0.05, 0.1) is 0 Å². The van der Waals surface area contributed by atoms with E-state index in [2.05, 4.69) is 17.2 Å². The molecule has 1 aliphatic rings. The number of benzene rings is 1. The predicted molar refractivity (Wildman–Crippen MR) is 68.8 cm³/mol. The molecule has 0 amide bonds. The number of nitrogen functional groups attached to an aromatic ring is 1. The van der Waals surface area contributed by atoms with Gasteiger partial charge in [-0.2, -0.15) is 4.98 Å². The van der Waals surface area contributed by atoms with Gasteiger partial charge in [-0.05, 0) is 42.9 Å². The van der Waals surface area contributed by atoms with Gasteiger partial charge in [-0.3, -0.25) is 0 Å². The van der Waals surface area contributed by atoms with Crippen LogP contribution in [0, 0.1) is 11.8 Å². The Morgan fingerprint density at radius 2 is 2.35 bits per heavy atom. The van der Waals surface area contributed by atoms with Crippen molar-refractivity contribution < 1.29 is 4.42 Å². The number of fused-ring (bicyclic) bond motifs is 1. The second-order valence-electron chi connectivity index (χ2n) is 4.94. The van der Waals surface area contributed by atoms with E-state index in [1.54, 1.807) is 0 Å². The molecule has 0 spiro atoms. The first-order valence-electron chi connectivity index (χ1n) is 6.12. The number of anilines is 2. The minimum Gasteiger partial charge on any atom is -0.424 e. The maximum atomic E-state index is 5.70. The summed E-state index contributed by atoms with van der Waals surface area (Å²) >= 11 is 0. The smallest absolute Gasteiger partial charge is 0.295 e. The zero-order chi connectivity index (χ0) is 11.8. The Kier molecular flexibility index (Phi) is 2.42. The Hall–Kier alpha value is -1.71. The summed E-state index contributed by atoms with van der Waals surface area (Å²) in [6, 6.07) is 6.10. The average molecular weight is 231 g/mol. The molecule has 0 saturated heterocycles. The highest BCUT2D eigenvalue weighted by Crippen LogP contribution is 2.36. The summed E-state index contributed by atoms with van der Waals surface area (Å²) in [6.07, 6.45) is 2.74. The maximum absolute atomic E-state index is 5.70. The van der Waals surface area contributed by atoms with Crippen LogP contribution in [-0.2, 0) is 0 Å². The molecule has 0 aliphatic heterocycles. The number of nitrogens with zero attached hydrogens (tertiary/aromatic N) is 1. The SMILES string of the molecule is CC(CNc1nc2cc(N)ccc2o1)C1CC1. The van der Waals surface area contributed by atoms with Crippen LogP contribution in [0.15, 0.2) is 22.6 Å². The second-order valence-corrected chi connectivity index (χ2v) is 4.94. The van der Waals surface area contributed by atoms with E-state index in [-0.39, 0.29) is 0 Å². The molecule has 1 aromatic carbocycles. The molecule has 1 unspecified atom stereocenters. The fraction of sp³-hybridized carbons (Fsp3) is 0.462. The third-order valence-electron chi connectivity index (χ3n) is 3.41. The summed E-state index contributed by atoms with van der Waals surface area (Å²) in [6.45, 7) is 3.19. The lowest BCUT2D eigenvalue weighted by atomic mass is 10.1. The standard InChI is InChI=1S/C13H17N3O/c1-8(9-2-3-9)7-15-13-16-11-6-10(14)4-5-12(11)17-13/h4-6,8-9H,2-3,7,14H2,1H3,(H,15,16). The maximum Gasteiger partial charge on any atom is 0.295 e. The van der Waals surface area contributed by atoms with Crippen molar-refractivity contribution in [1.82, 2.24) is 4.98 Å². The van der Waals surface area contributed by atoms with E-state index in [0.29, 0.717) is 17.6 Å². The van der Waals surface area contributed by atoms with Crippen LogP contribution < -0.4 is 11.1 Å². The average Bonchev–Trinajstić information content (AvgIpc) is 3.07. The van der Waals surface area contributed by atoms with E-state index in [1.165, 1.54) is 12.8 Å². The molecule has 1 aromatic heterocycles. The Balaban J connectivity index is 1.72. The Morgan fingerprint density at radius 1 is 1.53 bits per heavy atom. The molecule has 2 aromatic rings. The summed E-state index contributed by atoms with van der Waals surface area (Å²) in [7, 11) is 0. The number of hydrogen-bond acceptors (Lipinski definition) is 4. The van der Waals surface area contributed by atoms with E-state index in [0.717, 1.165) is 23.6 Å². The largest absolute Gasteiger partial charge is 0.424 e. The first kappa shape index (κ1) is 10.4. The molecule has 90 valence electrons. The fourth-order valence-electron chi connectivity index (χ4n) is 2.10. The lowest BCUT2D eigenvalue weighted by Gasteiger charge is -2.08. The van der Waals surface area contributed by atoms with Crippen LogP contribution in [0.3, 0.4) is 0 Å². The number of oxazole rings is 1. The monoisotopic (exact) mass is 231 g/mol. The first-order valence-corrected chi connectivity index (χ1v) is 6.12. The highest BCUT2D eigenvalue weighted by molar-refractivity contribution is 5.78. The third-order valence-corrected chi connectivity index (χ3v) is 3.41. The van der Waals surface area contributed by atoms with Gasteiger partial charge in [0.25, 0.3) is 6.01 Å². The molecule has 4 heteroatoms. The molecule has 1 aliphatic carbocycles. The van der Waals surface area contributed by atoms with Crippen molar-refractivity contribution in [2.75, 3.05) is 17.6 Å². The summed E-state index contributed by atoms with van der Waals surface area (Å²) in [5, 5.41) is 3.26. The van der Waals surface area contributed by atoms with Gasteiger partial charge in [-0.1, -0.05) is 6.92 Å². The summed E-state index contributed by atoms with van der Waals surface area (Å²) in [5.41, 5.74) is 8.00. The summed E-state index contributed by atoms with van der Waals surface area (Å²) < 4.78 is 5.60. The molecule has 1 fully saturated rings. The van der Waals surface area contributed by atoms with Gasteiger partial charge in [0, 0.05) is 12.2 Å². The molecule has 17 heavy (non-hydrogen) atoms. The molecule has 1 heterocycles. The Labute approximate surface area is 100 Å². The second kappa shape index (κ2) is 3.95. The van der Waals surface area contributed by atoms with Crippen molar-refractivity contribution >= 4 is 22.8 Å². The van der Waals surface area contributed by atoms with Crippen molar-refractivity contribution in [3.63, 3.8) is 0 Å². The van der Waals surface area contributed by atoms with Gasteiger partial charge in [0.1, 0.15) is 5.52 Å². The zero-order valence-electron chi connectivity index (χ0n) is 9.94. The Bertz CT molecular complexity index is 530. The van der Waals surface area contributed by atoms with Gasteiger partial charge >= 0.3 is 0 Å². The van der Waals surface area contributed by atoms with Crippen LogP contribution >= 0.6 is 0 Å². The molecule has 1 atom stereocenters. The molecule has 3 rings (SSSR count). The summed E-state index contributed by atoms with van der Waals surface area (Å²) in [4.78, 5) is 4.37. The predicted octanol–water partition coefficient (Wildman–Crippen LogP) is 2.87. The number of nitrogens with one attached hydrogen (secondary N) is 1. The highest BCUT2D eigenvalue weighted by atomic mass is 16.4. The van der Waals surface area contributed by atoms with E-state index in [9.17, 15) is 0 Å². The molecule has 0 bridgehead atoms. The summed E-state index contributed by atoms with van der Waals surface area (Å²) in [5.74, 6) is 1.58. The van der Waals surface area contributed by atoms with Crippen LogP contribution in [0.1, 0.15) is 19.8 Å².